The Kier molecular flexibility index (Phi) is 9.32. The molecule has 0 spiro atoms. The molecule has 0 saturated heterocycles. The van der Waals surface area contributed by atoms with E-state index in [0.29, 0.717) is 0 Å². The summed E-state index contributed by atoms with van der Waals surface area (Å²) in [6.07, 6.45) is 1.82. The zero-order valence-corrected chi connectivity index (χ0v) is 32.5. The van der Waals surface area contributed by atoms with Gasteiger partial charge in [0.15, 0.2) is 0 Å². The molecule has 0 heterocycles. The molecule has 0 nitrogen and oxygen atoms in total. The second kappa shape index (κ2) is 14.2. The van der Waals surface area contributed by atoms with Gasteiger partial charge in [-0.15, -0.1) is 0 Å². The monoisotopic (exact) mass is 866 g/mol. The van der Waals surface area contributed by atoms with Gasteiger partial charge in [-0.1, -0.05) is 169 Å². The van der Waals surface area contributed by atoms with Crippen LogP contribution < -0.4 is 0 Å². The van der Waals surface area contributed by atoms with Crippen LogP contribution in [0.3, 0.4) is 0 Å². The molecule has 8 aromatic rings. The summed E-state index contributed by atoms with van der Waals surface area (Å²) in [6, 6.07) is 58.1. The largest absolute Gasteiger partial charge is 0.0622 e. The van der Waals surface area contributed by atoms with E-state index in [1.165, 1.54) is 95.4 Å². The molecule has 0 aliphatic rings. The molecule has 50 heavy (non-hydrogen) atoms. The van der Waals surface area contributed by atoms with Crippen molar-refractivity contribution in [1.82, 2.24) is 0 Å². The van der Waals surface area contributed by atoms with Crippen LogP contribution in [0.25, 0.3) is 66.1 Å². The van der Waals surface area contributed by atoms with Crippen LogP contribution in [-0.4, -0.2) is 0 Å². The van der Waals surface area contributed by atoms with Crippen molar-refractivity contribution < 1.29 is 0 Å². The Hall–Kier alpha value is -4.26. The molecule has 0 aliphatic heterocycles. The molecule has 0 aliphatic carbocycles. The summed E-state index contributed by atoms with van der Waals surface area (Å²) in [7, 11) is 0. The van der Waals surface area contributed by atoms with Gasteiger partial charge in [0, 0.05) is 18.3 Å². The highest BCUT2D eigenvalue weighted by Gasteiger charge is 2.24. The van der Waals surface area contributed by atoms with Crippen molar-refractivity contribution >= 4 is 66.7 Å². The molecular weight excluding hydrogens is 830 g/mol. The summed E-state index contributed by atoms with van der Waals surface area (Å²) >= 11 is 5.31. The number of aryl methyl sites for hydroxylation is 2. The summed E-state index contributed by atoms with van der Waals surface area (Å²) in [4.78, 5) is 0. The average molecular weight is 867 g/mol. The Morgan fingerprint density at radius 2 is 0.600 bits per heavy atom. The second-order valence-electron chi connectivity index (χ2n) is 13.1. The molecule has 0 aromatic heterocycles. The van der Waals surface area contributed by atoms with E-state index in [2.05, 4.69) is 217 Å². The van der Waals surface area contributed by atoms with Crippen molar-refractivity contribution in [2.24, 2.45) is 0 Å². The third-order valence-electron chi connectivity index (χ3n) is 9.93. The van der Waals surface area contributed by atoms with Crippen molar-refractivity contribution in [1.29, 1.82) is 0 Å². The van der Waals surface area contributed by atoms with E-state index in [0.717, 1.165) is 12.8 Å². The van der Waals surface area contributed by atoms with Crippen LogP contribution in [0.2, 0.25) is 0 Å². The van der Waals surface area contributed by atoms with Gasteiger partial charge in [0.05, 0.1) is 0 Å². The van der Waals surface area contributed by atoms with E-state index in [-0.39, 0.29) is 0 Å². The van der Waals surface area contributed by atoms with Gasteiger partial charge in [-0.3, -0.25) is 0 Å². The first kappa shape index (κ1) is 32.9. The zero-order chi connectivity index (χ0) is 34.2. The van der Waals surface area contributed by atoms with Crippen molar-refractivity contribution in [3.63, 3.8) is 0 Å². The van der Waals surface area contributed by atoms with E-state index in [9.17, 15) is 0 Å². The van der Waals surface area contributed by atoms with Crippen molar-refractivity contribution in [2.45, 2.75) is 26.7 Å². The van der Waals surface area contributed by atoms with Crippen molar-refractivity contribution in [3.05, 3.63) is 187 Å². The van der Waals surface area contributed by atoms with Crippen LogP contribution in [0.15, 0.2) is 158 Å². The number of hydrogen-bond donors (Lipinski definition) is 0. The van der Waals surface area contributed by atoms with Gasteiger partial charge < -0.3 is 0 Å². The molecule has 0 fully saturated rings. The summed E-state index contributed by atoms with van der Waals surface area (Å²) in [5, 5.41) is 5.22. The number of rotatable bonds is 7. The third kappa shape index (κ3) is 6.07. The Morgan fingerprint density at radius 3 is 0.940 bits per heavy atom. The van der Waals surface area contributed by atoms with Crippen LogP contribution in [0, 0.1) is 21.0 Å². The summed E-state index contributed by atoms with van der Waals surface area (Å²) in [5.74, 6) is 0. The maximum atomic E-state index is 2.66. The standard InChI is InChI=1S/C48H36I2/c1-31-21-25-35(26-22-31)43-37-17-9-11-19-39(37)45(33-13-5-3-6-14-33)47(49)41(43)29-30-42-44(36-27-23-32(2)24-28-36)38-18-10-12-20-40(38)46(48(42)50)34-15-7-4-8-16-34/h3-28H,29-30H2,1-2H3. The first-order valence-electron chi connectivity index (χ1n) is 17.2. The fourth-order valence-electron chi connectivity index (χ4n) is 7.51. The number of halogens is 2. The molecule has 8 rings (SSSR count). The second-order valence-corrected chi connectivity index (χ2v) is 15.3. The SMILES string of the molecule is Cc1ccc(-c2c(CCc3c(I)c(-c4ccccc4)c4ccccc4c3-c3ccc(C)cc3)c(I)c(-c3ccccc3)c3ccccc23)cc1. The van der Waals surface area contributed by atoms with Crippen molar-refractivity contribution in [2.75, 3.05) is 0 Å². The van der Waals surface area contributed by atoms with Gasteiger partial charge in [-0.25, -0.2) is 0 Å². The van der Waals surface area contributed by atoms with Gasteiger partial charge in [-0.05, 0) is 138 Å². The van der Waals surface area contributed by atoms with E-state index in [1.54, 1.807) is 0 Å². The lowest BCUT2D eigenvalue weighted by atomic mass is 9.83. The van der Waals surface area contributed by atoms with E-state index in [4.69, 9.17) is 0 Å². The molecule has 0 amide bonds. The van der Waals surface area contributed by atoms with Gasteiger partial charge >= 0.3 is 0 Å². The topological polar surface area (TPSA) is 0 Å². The minimum atomic E-state index is 0.910. The zero-order valence-electron chi connectivity index (χ0n) is 28.2. The molecule has 0 N–H and O–H groups in total. The minimum Gasteiger partial charge on any atom is -0.0622 e. The highest BCUT2D eigenvalue weighted by Crippen LogP contribution is 2.46. The highest BCUT2D eigenvalue weighted by atomic mass is 127. The van der Waals surface area contributed by atoms with Crippen LogP contribution in [-0.2, 0) is 12.8 Å². The molecule has 0 unspecified atom stereocenters. The molecule has 8 aromatic carbocycles. The third-order valence-corrected chi connectivity index (χ3v) is 12.3. The maximum Gasteiger partial charge on any atom is 0.0253 e. The Morgan fingerprint density at radius 1 is 0.320 bits per heavy atom. The summed E-state index contributed by atoms with van der Waals surface area (Å²) < 4.78 is 2.66. The smallest absolute Gasteiger partial charge is 0.0253 e. The first-order valence-corrected chi connectivity index (χ1v) is 19.4. The van der Waals surface area contributed by atoms with E-state index < -0.39 is 0 Å². The van der Waals surface area contributed by atoms with Gasteiger partial charge in [-0.2, -0.15) is 0 Å². The fourth-order valence-corrected chi connectivity index (χ4v) is 9.80. The lowest BCUT2D eigenvalue weighted by molar-refractivity contribution is 0.956. The normalized spacial score (nSPS) is 11.4. The molecule has 0 saturated carbocycles. The molecule has 0 bridgehead atoms. The van der Waals surface area contributed by atoms with Gasteiger partial charge in [0.25, 0.3) is 0 Å². The fraction of sp³-hybridized carbons (Fsp3) is 0.0833. The quantitative estimate of drug-likeness (QED) is 0.140. The number of fused-ring (bicyclic) bond motifs is 2. The van der Waals surface area contributed by atoms with Crippen LogP contribution >= 0.6 is 45.2 Å². The van der Waals surface area contributed by atoms with E-state index >= 15 is 0 Å². The summed E-state index contributed by atoms with van der Waals surface area (Å²) in [5.41, 5.74) is 15.8. The highest BCUT2D eigenvalue weighted by molar-refractivity contribution is 14.1. The van der Waals surface area contributed by atoms with Crippen LogP contribution in [0.4, 0.5) is 0 Å². The Bertz CT molecular complexity index is 2300. The lowest BCUT2D eigenvalue weighted by Crippen LogP contribution is -2.05. The molecule has 2 heteroatoms. The first-order chi connectivity index (χ1) is 24.5. The average Bonchev–Trinajstić information content (AvgIpc) is 3.15. The van der Waals surface area contributed by atoms with Crippen LogP contribution in [0.1, 0.15) is 22.3 Å². The predicted octanol–water partition coefficient (Wildman–Crippen LogP) is 14.3. The Balaban J connectivity index is 1.40. The lowest BCUT2D eigenvalue weighted by Gasteiger charge is -2.23. The molecule has 0 radical (unpaired) electrons. The predicted molar refractivity (Wildman–Crippen MR) is 232 cm³/mol. The Labute approximate surface area is 322 Å². The summed E-state index contributed by atoms with van der Waals surface area (Å²) in [6.45, 7) is 4.34. The minimum absolute atomic E-state index is 0.910. The van der Waals surface area contributed by atoms with Crippen molar-refractivity contribution in [3.8, 4) is 44.5 Å². The number of benzene rings is 8. The van der Waals surface area contributed by atoms with Gasteiger partial charge in [0.1, 0.15) is 0 Å². The number of hydrogen-bond acceptors (Lipinski definition) is 0. The molecule has 0 atom stereocenters. The van der Waals surface area contributed by atoms with E-state index in [1.807, 2.05) is 0 Å². The molecule has 242 valence electrons. The maximum absolute atomic E-state index is 2.66. The van der Waals surface area contributed by atoms with Crippen LogP contribution in [0.5, 0.6) is 0 Å². The molecular formula is C48H36I2. The van der Waals surface area contributed by atoms with Gasteiger partial charge in [0.2, 0.25) is 0 Å².